The largest absolute Gasteiger partial charge is 0.506 e. The van der Waals surface area contributed by atoms with Gasteiger partial charge in [-0.3, -0.25) is 9.59 Å². The van der Waals surface area contributed by atoms with Crippen molar-refractivity contribution in [3.05, 3.63) is 52.4 Å². The van der Waals surface area contributed by atoms with Gasteiger partial charge in [0.25, 0.3) is 11.5 Å². The van der Waals surface area contributed by atoms with Crippen LogP contribution in [0.1, 0.15) is 30.3 Å². The molecule has 0 unspecified atom stereocenters. The van der Waals surface area contributed by atoms with Gasteiger partial charge in [-0.2, -0.15) is 5.10 Å². The third-order valence-electron chi connectivity index (χ3n) is 2.97. The number of phenols is 1. The molecule has 1 heterocycles. The Morgan fingerprint density at radius 3 is 2.76 bits per heavy atom. The maximum absolute atomic E-state index is 12.1. The number of aromatic hydroxyl groups is 1. The maximum atomic E-state index is 12.1. The smallest absolute Gasteiger partial charge is 0.276 e. The lowest BCUT2D eigenvalue weighted by molar-refractivity contribution is 0.101. The van der Waals surface area contributed by atoms with Gasteiger partial charge in [0.2, 0.25) is 0 Å². The fourth-order valence-electron chi connectivity index (χ4n) is 1.80. The first-order valence-corrected chi connectivity index (χ1v) is 6.79. The van der Waals surface area contributed by atoms with Crippen molar-refractivity contribution in [1.29, 1.82) is 0 Å². The predicted octanol–water partition coefficient (Wildman–Crippen LogP) is 2.00. The third-order valence-corrected chi connectivity index (χ3v) is 2.97. The highest BCUT2D eigenvalue weighted by Crippen LogP contribution is 2.21. The topological polar surface area (TPSA) is 84.2 Å². The van der Waals surface area contributed by atoms with Crippen molar-refractivity contribution in [3.63, 3.8) is 0 Å². The second kappa shape index (κ2) is 6.69. The number of hydrogen-bond acceptors (Lipinski definition) is 4. The summed E-state index contributed by atoms with van der Waals surface area (Å²) in [5, 5.41) is 16.2. The fraction of sp³-hybridized carbons (Fsp3) is 0.267. The Bertz CT molecular complexity index is 695. The molecule has 1 amide bonds. The van der Waals surface area contributed by atoms with Crippen molar-refractivity contribution in [2.24, 2.45) is 0 Å². The van der Waals surface area contributed by atoms with Crippen LogP contribution in [0.15, 0.2) is 41.2 Å². The van der Waals surface area contributed by atoms with Gasteiger partial charge in [-0.15, -0.1) is 0 Å². The molecule has 0 spiro atoms. The number of anilines is 1. The number of nitrogens with zero attached hydrogens (tertiary/aromatic N) is 2. The number of benzene rings is 1. The van der Waals surface area contributed by atoms with Crippen LogP contribution in [0.25, 0.3) is 0 Å². The van der Waals surface area contributed by atoms with Crippen LogP contribution in [0.3, 0.4) is 0 Å². The Hall–Kier alpha value is -2.63. The third kappa shape index (κ3) is 3.68. The summed E-state index contributed by atoms with van der Waals surface area (Å²) in [5.74, 6) is -0.494. The van der Waals surface area contributed by atoms with E-state index in [9.17, 15) is 14.7 Å². The monoisotopic (exact) mass is 287 g/mol. The van der Waals surface area contributed by atoms with Crippen molar-refractivity contribution in [2.45, 2.75) is 26.3 Å². The van der Waals surface area contributed by atoms with E-state index in [4.69, 9.17) is 0 Å². The molecule has 2 rings (SSSR count). The van der Waals surface area contributed by atoms with Crippen molar-refractivity contribution in [1.82, 2.24) is 9.78 Å². The molecule has 0 aliphatic carbocycles. The first-order chi connectivity index (χ1) is 10.1. The molecule has 0 aliphatic heterocycles. The molecule has 21 heavy (non-hydrogen) atoms. The molecule has 2 N–H and O–H groups in total. The van der Waals surface area contributed by atoms with Crippen LogP contribution >= 0.6 is 0 Å². The van der Waals surface area contributed by atoms with E-state index >= 15 is 0 Å². The zero-order valence-corrected chi connectivity index (χ0v) is 11.7. The molecule has 0 aliphatic rings. The van der Waals surface area contributed by atoms with Gasteiger partial charge in [0, 0.05) is 12.6 Å². The molecule has 0 fully saturated rings. The number of nitrogens with one attached hydrogen (secondary N) is 1. The summed E-state index contributed by atoms with van der Waals surface area (Å²) < 4.78 is 1.28. The Morgan fingerprint density at radius 1 is 1.29 bits per heavy atom. The van der Waals surface area contributed by atoms with Crippen molar-refractivity contribution in [2.75, 3.05) is 5.32 Å². The minimum Gasteiger partial charge on any atom is -0.506 e. The average Bonchev–Trinajstić information content (AvgIpc) is 2.48. The molecule has 110 valence electrons. The molecule has 2 aromatic rings. The summed E-state index contributed by atoms with van der Waals surface area (Å²) in [6.45, 7) is 2.49. The van der Waals surface area contributed by atoms with Crippen LogP contribution in [0.4, 0.5) is 5.69 Å². The summed E-state index contributed by atoms with van der Waals surface area (Å²) in [6.07, 6.45) is 1.75. The summed E-state index contributed by atoms with van der Waals surface area (Å²) >= 11 is 0. The van der Waals surface area contributed by atoms with Crippen molar-refractivity contribution < 1.29 is 9.90 Å². The predicted molar refractivity (Wildman–Crippen MR) is 79.5 cm³/mol. The Balaban J connectivity index is 2.19. The second-order valence-electron chi connectivity index (χ2n) is 4.60. The molecule has 1 aromatic carbocycles. The van der Waals surface area contributed by atoms with Crippen LogP contribution in [0, 0.1) is 0 Å². The zero-order chi connectivity index (χ0) is 15.2. The SMILES string of the molecule is CCCCn1nc(C(=O)Nc2ccccc2O)ccc1=O. The molecular formula is C15H17N3O3. The summed E-state index contributed by atoms with van der Waals surface area (Å²) in [5.41, 5.74) is 0.201. The Labute approximate surface area is 122 Å². The summed E-state index contributed by atoms with van der Waals surface area (Å²) in [7, 11) is 0. The van der Waals surface area contributed by atoms with Gasteiger partial charge in [0.1, 0.15) is 11.4 Å². The van der Waals surface area contributed by atoms with Crippen molar-refractivity contribution in [3.8, 4) is 5.75 Å². The number of carbonyl (C=O) groups is 1. The lowest BCUT2D eigenvalue weighted by Gasteiger charge is -2.08. The van der Waals surface area contributed by atoms with Crippen LogP contribution in [0.5, 0.6) is 5.75 Å². The van der Waals surface area contributed by atoms with Crippen molar-refractivity contribution >= 4 is 11.6 Å². The van der Waals surface area contributed by atoms with Crippen LogP contribution in [-0.2, 0) is 6.54 Å². The molecule has 0 radical (unpaired) electrons. The standard InChI is InChI=1S/C15H17N3O3/c1-2-3-10-18-14(20)9-8-12(17-18)15(21)16-11-6-4-5-7-13(11)19/h4-9,19H,2-3,10H2,1H3,(H,16,21). The van der Waals surface area contributed by atoms with Gasteiger partial charge < -0.3 is 10.4 Å². The molecule has 1 aromatic heterocycles. The van der Waals surface area contributed by atoms with E-state index in [2.05, 4.69) is 10.4 Å². The average molecular weight is 287 g/mol. The highest BCUT2D eigenvalue weighted by atomic mass is 16.3. The maximum Gasteiger partial charge on any atom is 0.276 e. The quantitative estimate of drug-likeness (QED) is 0.824. The zero-order valence-electron chi connectivity index (χ0n) is 11.7. The number of amides is 1. The molecule has 0 saturated carbocycles. The Kier molecular flexibility index (Phi) is 4.71. The van der Waals surface area contributed by atoms with Crippen LogP contribution < -0.4 is 10.9 Å². The molecule has 0 saturated heterocycles. The number of carbonyl (C=O) groups excluding carboxylic acids is 1. The Morgan fingerprint density at radius 2 is 2.05 bits per heavy atom. The van der Waals surface area contributed by atoms with Gasteiger partial charge in [-0.05, 0) is 24.6 Å². The number of phenolic OH excluding ortho intramolecular Hbond substituents is 1. The summed E-state index contributed by atoms with van der Waals surface area (Å²) in [6, 6.07) is 9.12. The lowest BCUT2D eigenvalue weighted by atomic mass is 10.2. The first kappa shape index (κ1) is 14.8. The second-order valence-corrected chi connectivity index (χ2v) is 4.60. The first-order valence-electron chi connectivity index (χ1n) is 6.79. The number of aromatic nitrogens is 2. The van der Waals surface area contributed by atoms with Gasteiger partial charge in [0.15, 0.2) is 0 Å². The number of unbranched alkanes of at least 4 members (excludes halogenated alkanes) is 1. The van der Waals surface area contributed by atoms with E-state index in [1.807, 2.05) is 6.92 Å². The van der Waals surface area contributed by atoms with E-state index in [1.165, 1.54) is 22.9 Å². The molecular weight excluding hydrogens is 270 g/mol. The van der Waals surface area contributed by atoms with E-state index in [0.717, 1.165) is 12.8 Å². The molecule has 0 atom stereocenters. The van der Waals surface area contributed by atoms with E-state index in [1.54, 1.807) is 18.2 Å². The normalized spacial score (nSPS) is 10.3. The lowest BCUT2D eigenvalue weighted by Crippen LogP contribution is -2.26. The van der Waals surface area contributed by atoms with E-state index in [-0.39, 0.29) is 17.0 Å². The molecule has 6 heteroatoms. The number of aryl methyl sites for hydroxylation is 1. The van der Waals surface area contributed by atoms with Gasteiger partial charge in [0.05, 0.1) is 5.69 Å². The van der Waals surface area contributed by atoms with E-state index in [0.29, 0.717) is 12.2 Å². The number of hydrogen-bond donors (Lipinski definition) is 2. The minimum absolute atomic E-state index is 0.0230. The van der Waals surface area contributed by atoms with Crippen LogP contribution in [-0.4, -0.2) is 20.8 Å². The highest BCUT2D eigenvalue weighted by Gasteiger charge is 2.11. The summed E-state index contributed by atoms with van der Waals surface area (Å²) in [4.78, 5) is 23.7. The fourth-order valence-corrected chi connectivity index (χ4v) is 1.80. The number of rotatable bonds is 5. The highest BCUT2D eigenvalue weighted by molar-refractivity contribution is 6.03. The minimum atomic E-state index is -0.471. The van der Waals surface area contributed by atoms with Gasteiger partial charge in [-0.25, -0.2) is 4.68 Å². The number of para-hydroxylation sites is 2. The molecule has 0 bridgehead atoms. The van der Waals surface area contributed by atoms with Gasteiger partial charge >= 0.3 is 0 Å². The molecule has 6 nitrogen and oxygen atoms in total. The van der Waals surface area contributed by atoms with E-state index < -0.39 is 5.91 Å². The van der Waals surface area contributed by atoms with Crippen LogP contribution in [0.2, 0.25) is 0 Å². The van der Waals surface area contributed by atoms with Gasteiger partial charge in [-0.1, -0.05) is 25.5 Å².